The van der Waals surface area contributed by atoms with Crippen LogP contribution in [0.1, 0.15) is 57.8 Å². The molecule has 2 fully saturated rings. The van der Waals surface area contributed by atoms with Gasteiger partial charge in [-0.15, -0.1) is 0 Å². The Morgan fingerprint density at radius 3 is 2.60 bits per heavy atom. The Morgan fingerprint density at radius 1 is 1.27 bits per heavy atom. The molecule has 0 aliphatic heterocycles. The largest absolute Gasteiger partial charge is 0.298 e. The molecule has 0 saturated heterocycles. The molecule has 2 saturated carbocycles. The Morgan fingerprint density at radius 2 is 2.00 bits per heavy atom. The number of rotatable bonds is 2. The van der Waals surface area contributed by atoms with Crippen LogP contribution in [-0.2, 0) is 4.79 Å². The second-order valence-corrected chi connectivity index (χ2v) is 5.18. The van der Waals surface area contributed by atoms with Crippen molar-refractivity contribution in [3.05, 3.63) is 0 Å². The van der Waals surface area contributed by atoms with E-state index in [2.05, 4.69) is 6.07 Å². The molecule has 0 bridgehead atoms. The molecule has 1 atom stereocenters. The lowest BCUT2D eigenvalue weighted by molar-refractivity contribution is -0.129. The van der Waals surface area contributed by atoms with E-state index in [9.17, 15) is 10.1 Å². The third kappa shape index (κ3) is 2.07. The highest BCUT2D eigenvalue weighted by atomic mass is 16.1. The summed E-state index contributed by atoms with van der Waals surface area (Å²) in [5.41, 5.74) is -0.590. The molecule has 0 spiro atoms. The van der Waals surface area contributed by atoms with E-state index in [1.54, 1.807) is 0 Å². The maximum atomic E-state index is 11.9. The highest BCUT2D eigenvalue weighted by molar-refractivity contribution is 5.88. The van der Waals surface area contributed by atoms with E-state index in [4.69, 9.17) is 0 Å². The lowest BCUT2D eigenvalue weighted by atomic mass is 9.69. The van der Waals surface area contributed by atoms with E-state index in [1.165, 1.54) is 25.7 Å². The first-order chi connectivity index (χ1) is 7.27. The second-order valence-electron chi connectivity index (χ2n) is 5.18. The molecule has 0 aromatic carbocycles. The van der Waals surface area contributed by atoms with Crippen LogP contribution in [0.5, 0.6) is 0 Å². The van der Waals surface area contributed by atoms with E-state index in [0.29, 0.717) is 12.3 Å². The smallest absolute Gasteiger partial charge is 0.153 e. The van der Waals surface area contributed by atoms with Crippen LogP contribution in [0.15, 0.2) is 0 Å². The summed E-state index contributed by atoms with van der Waals surface area (Å²) in [6.45, 7) is 0. The van der Waals surface area contributed by atoms with Crippen LogP contribution in [0.3, 0.4) is 0 Å². The number of carbonyl (C=O) groups is 1. The van der Waals surface area contributed by atoms with E-state index in [1.807, 2.05) is 0 Å². The fourth-order valence-corrected chi connectivity index (χ4v) is 3.18. The van der Waals surface area contributed by atoms with Gasteiger partial charge >= 0.3 is 0 Å². The van der Waals surface area contributed by atoms with Gasteiger partial charge in [0.1, 0.15) is 5.41 Å². The van der Waals surface area contributed by atoms with Gasteiger partial charge in [-0.3, -0.25) is 4.79 Å². The van der Waals surface area contributed by atoms with Crippen LogP contribution in [0.4, 0.5) is 0 Å². The van der Waals surface area contributed by atoms with Gasteiger partial charge in [0, 0.05) is 6.42 Å². The van der Waals surface area contributed by atoms with Crippen molar-refractivity contribution in [3.8, 4) is 6.07 Å². The molecule has 0 N–H and O–H groups in total. The fraction of sp³-hybridized carbons (Fsp3) is 0.846. The standard InChI is InChI=1S/C13H19NO/c14-10-13(8-4-3-7-12(13)15)9-11-5-1-2-6-11/h11H,1-9H2. The third-order valence-corrected chi connectivity index (χ3v) is 4.12. The van der Waals surface area contributed by atoms with Gasteiger partial charge in [-0.25, -0.2) is 0 Å². The molecule has 0 heterocycles. The summed E-state index contributed by atoms with van der Waals surface area (Å²) in [7, 11) is 0. The van der Waals surface area contributed by atoms with Gasteiger partial charge in [-0.1, -0.05) is 32.1 Å². The minimum Gasteiger partial charge on any atom is -0.298 e. The summed E-state index contributed by atoms with van der Waals surface area (Å²) in [6, 6.07) is 2.34. The van der Waals surface area contributed by atoms with Crippen molar-refractivity contribution in [1.82, 2.24) is 0 Å². The van der Waals surface area contributed by atoms with E-state index in [-0.39, 0.29) is 5.78 Å². The number of ketones is 1. The summed E-state index contributed by atoms with van der Waals surface area (Å²) in [6.07, 6.45) is 9.41. The fourth-order valence-electron chi connectivity index (χ4n) is 3.18. The molecule has 0 radical (unpaired) electrons. The molecule has 15 heavy (non-hydrogen) atoms. The van der Waals surface area contributed by atoms with Gasteiger partial charge in [-0.05, 0) is 25.2 Å². The van der Waals surface area contributed by atoms with Crippen LogP contribution in [0.2, 0.25) is 0 Å². The highest BCUT2D eigenvalue weighted by Crippen LogP contribution is 2.42. The van der Waals surface area contributed by atoms with Gasteiger partial charge in [-0.2, -0.15) is 5.26 Å². The first-order valence-electron chi connectivity index (χ1n) is 6.21. The van der Waals surface area contributed by atoms with Gasteiger partial charge in [0.25, 0.3) is 0 Å². The van der Waals surface area contributed by atoms with E-state index < -0.39 is 5.41 Å². The predicted octanol–water partition coefficient (Wildman–Crippen LogP) is 3.22. The Kier molecular flexibility index (Phi) is 3.09. The topological polar surface area (TPSA) is 40.9 Å². The van der Waals surface area contributed by atoms with Crippen molar-refractivity contribution in [2.24, 2.45) is 11.3 Å². The molecule has 2 aliphatic rings. The number of carbonyl (C=O) groups excluding carboxylic acids is 1. The normalized spacial score (nSPS) is 32.9. The van der Waals surface area contributed by atoms with Crippen LogP contribution in [0.25, 0.3) is 0 Å². The zero-order chi connectivity index (χ0) is 10.7. The molecule has 1 unspecified atom stereocenters. The van der Waals surface area contributed by atoms with Gasteiger partial charge in [0.2, 0.25) is 0 Å². The minimum absolute atomic E-state index is 0.225. The molecular formula is C13H19NO. The Balaban J connectivity index is 2.06. The lowest BCUT2D eigenvalue weighted by Crippen LogP contribution is -2.34. The maximum absolute atomic E-state index is 11.9. The Labute approximate surface area is 91.7 Å². The number of hydrogen-bond donors (Lipinski definition) is 0. The monoisotopic (exact) mass is 205 g/mol. The molecule has 2 heteroatoms. The molecule has 0 aromatic rings. The first kappa shape index (κ1) is 10.7. The summed E-state index contributed by atoms with van der Waals surface area (Å²) in [4.78, 5) is 11.9. The average molecular weight is 205 g/mol. The zero-order valence-electron chi connectivity index (χ0n) is 9.30. The average Bonchev–Trinajstić information content (AvgIpc) is 2.74. The number of nitriles is 1. The van der Waals surface area contributed by atoms with Crippen molar-refractivity contribution in [2.45, 2.75) is 57.8 Å². The second kappa shape index (κ2) is 4.35. The van der Waals surface area contributed by atoms with Crippen molar-refractivity contribution >= 4 is 5.78 Å². The van der Waals surface area contributed by atoms with Gasteiger partial charge < -0.3 is 0 Å². The molecule has 82 valence electrons. The van der Waals surface area contributed by atoms with E-state index >= 15 is 0 Å². The SMILES string of the molecule is N#CC1(CC2CCCC2)CCCCC1=O. The van der Waals surface area contributed by atoms with Crippen LogP contribution < -0.4 is 0 Å². The molecular weight excluding hydrogens is 186 g/mol. The van der Waals surface area contributed by atoms with Crippen molar-refractivity contribution in [2.75, 3.05) is 0 Å². The zero-order valence-corrected chi connectivity index (χ0v) is 9.30. The van der Waals surface area contributed by atoms with Crippen molar-refractivity contribution in [1.29, 1.82) is 5.26 Å². The molecule has 2 aliphatic carbocycles. The van der Waals surface area contributed by atoms with Crippen LogP contribution >= 0.6 is 0 Å². The predicted molar refractivity (Wildman–Crippen MR) is 58.1 cm³/mol. The van der Waals surface area contributed by atoms with Crippen LogP contribution in [0, 0.1) is 22.7 Å². The molecule has 2 rings (SSSR count). The first-order valence-corrected chi connectivity index (χ1v) is 6.21. The summed E-state index contributed by atoms with van der Waals surface area (Å²) < 4.78 is 0. The minimum atomic E-state index is -0.590. The molecule has 0 amide bonds. The number of hydrogen-bond acceptors (Lipinski definition) is 2. The van der Waals surface area contributed by atoms with Crippen LogP contribution in [-0.4, -0.2) is 5.78 Å². The van der Waals surface area contributed by atoms with Gasteiger partial charge in [0.15, 0.2) is 5.78 Å². The highest BCUT2D eigenvalue weighted by Gasteiger charge is 2.42. The van der Waals surface area contributed by atoms with E-state index in [0.717, 1.165) is 25.7 Å². The Hall–Kier alpha value is -0.840. The van der Waals surface area contributed by atoms with Crippen molar-refractivity contribution in [3.63, 3.8) is 0 Å². The molecule has 2 nitrogen and oxygen atoms in total. The van der Waals surface area contributed by atoms with Gasteiger partial charge in [0.05, 0.1) is 6.07 Å². The Bertz CT molecular complexity index is 285. The molecule has 0 aromatic heterocycles. The number of nitrogens with zero attached hydrogens (tertiary/aromatic N) is 1. The summed E-state index contributed by atoms with van der Waals surface area (Å²) >= 11 is 0. The lowest BCUT2D eigenvalue weighted by Gasteiger charge is -2.31. The quantitative estimate of drug-likeness (QED) is 0.694. The van der Waals surface area contributed by atoms with Crippen molar-refractivity contribution < 1.29 is 4.79 Å². The maximum Gasteiger partial charge on any atom is 0.153 e. The summed E-state index contributed by atoms with van der Waals surface area (Å²) in [5, 5.41) is 9.30. The number of Topliss-reactive ketones (excluding diaryl/α,β-unsaturated/α-hetero) is 1. The summed E-state index contributed by atoms with van der Waals surface area (Å²) in [5.74, 6) is 0.870. The third-order valence-electron chi connectivity index (χ3n) is 4.12.